The predicted octanol–water partition coefficient (Wildman–Crippen LogP) is 4.14. The van der Waals surface area contributed by atoms with Crippen LogP contribution < -0.4 is 16.4 Å². The van der Waals surface area contributed by atoms with Crippen LogP contribution in [-0.2, 0) is 16.0 Å². The Morgan fingerprint density at radius 1 is 1.08 bits per heavy atom. The van der Waals surface area contributed by atoms with Crippen molar-refractivity contribution in [3.05, 3.63) is 75.4 Å². The van der Waals surface area contributed by atoms with Gasteiger partial charge >= 0.3 is 6.03 Å². The van der Waals surface area contributed by atoms with E-state index in [2.05, 4.69) is 57.0 Å². The van der Waals surface area contributed by atoms with Gasteiger partial charge < -0.3 is 30.7 Å². The van der Waals surface area contributed by atoms with Gasteiger partial charge in [-0.2, -0.15) is 5.10 Å². The maximum atomic E-state index is 10.6. The SMILES string of the molecule is CN1Cc2c(Cl)cc(Cl)cc2[C@H](c2cccc(-c3cnnc(NCCOCCOCCNC(N)=O)c3)c2)C1. The molecule has 2 amide bonds. The first-order valence-electron chi connectivity index (χ1n) is 12.4. The molecule has 0 unspecified atom stereocenters. The monoisotopic (exact) mass is 558 g/mol. The summed E-state index contributed by atoms with van der Waals surface area (Å²) in [4.78, 5) is 12.9. The molecule has 202 valence electrons. The number of hydrogen-bond donors (Lipinski definition) is 3. The molecule has 4 rings (SSSR count). The zero-order valence-corrected chi connectivity index (χ0v) is 22.8. The second kappa shape index (κ2) is 13.7. The number of halogens is 2. The minimum Gasteiger partial charge on any atom is -0.377 e. The largest absolute Gasteiger partial charge is 0.377 e. The van der Waals surface area contributed by atoms with Gasteiger partial charge in [0.15, 0.2) is 0 Å². The van der Waals surface area contributed by atoms with Crippen molar-refractivity contribution in [2.24, 2.45) is 5.73 Å². The van der Waals surface area contributed by atoms with Crippen LogP contribution in [0.5, 0.6) is 0 Å². The first-order chi connectivity index (χ1) is 18.4. The number of carbonyl (C=O) groups is 1. The van der Waals surface area contributed by atoms with Gasteiger partial charge in [-0.1, -0.05) is 47.5 Å². The number of carbonyl (C=O) groups excluding carboxylic acids is 1. The van der Waals surface area contributed by atoms with Gasteiger partial charge in [0, 0.05) is 47.7 Å². The molecule has 0 spiro atoms. The number of anilines is 1. The van der Waals surface area contributed by atoms with Gasteiger partial charge in [-0.25, -0.2) is 4.79 Å². The number of nitrogens with zero attached hydrogens (tertiary/aromatic N) is 3. The van der Waals surface area contributed by atoms with Crippen LogP contribution in [0.3, 0.4) is 0 Å². The molecule has 4 N–H and O–H groups in total. The highest BCUT2D eigenvalue weighted by molar-refractivity contribution is 6.35. The van der Waals surface area contributed by atoms with Crippen molar-refractivity contribution in [3.63, 3.8) is 0 Å². The van der Waals surface area contributed by atoms with Crippen LogP contribution in [0.25, 0.3) is 11.1 Å². The van der Waals surface area contributed by atoms with Crippen LogP contribution in [0.1, 0.15) is 22.6 Å². The number of primary amides is 1. The van der Waals surface area contributed by atoms with Gasteiger partial charge in [-0.15, -0.1) is 5.10 Å². The van der Waals surface area contributed by atoms with E-state index in [1.54, 1.807) is 6.20 Å². The number of aromatic nitrogens is 2. The average Bonchev–Trinajstić information content (AvgIpc) is 2.90. The topological polar surface area (TPSA) is 115 Å². The number of likely N-dealkylation sites (N-methyl/N-ethyl adjacent to an activating group) is 1. The molecule has 2 aromatic carbocycles. The lowest BCUT2D eigenvalue weighted by molar-refractivity contribution is 0.0533. The number of nitrogens with two attached hydrogens (primary N) is 1. The highest BCUT2D eigenvalue weighted by atomic mass is 35.5. The Morgan fingerprint density at radius 3 is 2.66 bits per heavy atom. The molecule has 2 heterocycles. The molecular weight excluding hydrogens is 527 g/mol. The average molecular weight is 559 g/mol. The third kappa shape index (κ3) is 7.78. The first-order valence-corrected chi connectivity index (χ1v) is 13.2. The molecule has 9 nitrogen and oxygen atoms in total. The van der Waals surface area contributed by atoms with E-state index in [-0.39, 0.29) is 5.92 Å². The Morgan fingerprint density at radius 2 is 1.87 bits per heavy atom. The summed E-state index contributed by atoms with van der Waals surface area (Å²) >= 11 is 12.9. The van der Waals surface area contributed by atoms with E-state index < -0.39 is 6.03 Å². The van der Waals surface area contributed by atoms with Crippen molar-refractivity contribution in [2.45, 2.75) is 12.5 Å². The zero-order chi connectivity index (χ0) is 26.9. The molecule has 0 fully saturated rings. The molecule has 1 aromatic heterocycles. The summed E-state index contributed by atoms with van der Waals surface area (Å²) in [7, 11) is 2.11. The molecular formula is C27H32Cl2N6O3. The van der Waals surface area contributed by atoms with E-state index in [0.717, 1.165) is 29.8 Å². The van der Waals surface area contributed by atoms with Crippen molar-refractivity contribution in [1.82, 2.24) is 20.4 Å². The summed E-state index contributed by atoms with van der Waals surface area (Å²) < 4.78 is 10.9. The smallest absolute Gasteiger partial charge is 0.312 e. The highest BCUT2D eigenvalue weighted by Crippen LogP contribution is 2.39. The first kappa shape index (κ1) is 28.1. The van der Waals surface area contributed by atoms with E-state index >= 15 is 0 Å². The lowest BCUT2D eigenvalue weighted by Crippen LogP contribution is -2.32. The summed E-state index contributed by atoms with van der Waals surface area (Å²) in [6.45, 7) is 4.40. The fourth-order valence-corrected chi connectivity index (χ4v) is 5.07. The number of nitrogens with one attached hydrogen (secondary N) is 2. The molecule has 1 atom stereocenters. The van der Waals surface area contributed by atoms with Crippen molar-refractivity contribution >= 4 is 35.1 Å². The Kier molecular flexibility index (Phi) is 10.1. The summed E-state index contributed by atoms with van der Waals surface area (Å²) in [6.07, 6.45) is 1.76. The fraction of sp³-hybridized carbons (Fsp3) is 0.370. The molecule has 1 aliphatic heterocycles. The molecule has 11 heteroatoms. The van der Waals surface area contributed by atoms with Crippen LogP contribution in [-0.4, -0.2) is 74.2 Å². The fourth-order valence-electron chi connectivity index (χ4n) is 4.50. The molecule has 38 heavy (non-hydrogen) atoms. The third-order valence-electron chi connectivity index (χ3n) is 6.24. The lowest BCUT2D eigenvalue weighted by atomic mass is 9.84. The predicted molar refractivity (Wildman–Crippen MR) is 150 cm³/mol. The quantitative estimate of drug-likeness (QED) is 0.286. The van der Waals surface area contributed by atoms with Crippen molar-refractivity contribution < 1.29 is 14.3 Å². The second-order valence-corrected chi connectivity index (χ2v) is 9.95. The third-order valence-corrected chi connectivity index (χ3v) is 6.79. The van der Waals surface area contributed by atoms with E-state index in [1.165, 1.54) is 11.1 Å². The molecule has 0 radical (unpaired) electrons. The maximum Gasteiger partial charge on any atom is 0.312 e. The minimum atomic E-state index is -0.561. The van der Waals surface area contributed by atoms with Crippen LogP contribution >= 0.6 is 23.2 Å². The van der Waals surface area contributed by atoms with Crippen LogP contribution in [0.2, 0.25) is 10.0 Å². The van der Waals surface area contributed by atoms with Crippen LogP contribution in [0.15, 0.2) is 48.7 Å². The number of hydrogen-bond acceptors (Lipinski definition) is 7. The van der Waals surface area contributed by atoms with Gasteiger partial charge in [0.25, 0.3) is 0 Å². The Hall–Kier alpha value is -2.95. The van der Waals surface area contributed by atoms with Gasteiger partial charge in [-0.3, -0.25) is 0 Å². The van der Waals surface area contributed by atoms with Gasteiger partial charge in [0.05, 0.1) is 32.6 Å². The van der Waals surface area contributed by atoms with Gasteiger partial charge in [0.2, 0.25) is 0 Å². The number of fused-ring (bicyclic) bond motifs is 1. The molecule has 3 aromatic rings. The standard InChI is InChI=1S/C27H32Cl2N6O3/c1-35-16-23(22-13-21(28)14-25(29)24(22)17-35)19-4-2-3-18(11-19)20-12-26(34-33-15-20)31-5-7-37-9-10-38-8-6-32-27(30)36/h2-4,11-15,23H,5-10,16-17H2,1H3,(H,31,34)(H3,30,32,36)/t23-/m0/s1. The van der Waals surface area contributed by atoms with Crippen LogP contribution in [0.4, 0.5) is 10.6 Å². The summed E-state index contributed by atoms with van der Waals surface area (Å²) in [5.74, 6) is 0.833. The zero-order valence-electron chi connectivity index (χ0n) is 21.3. The lowest BCUT2D eigenvalue weighted by Gasteiger charge is -2.33. The number of benzene rings is 2. The number of rotatable bonds is 12. The Bertz CT molecular complexity index is 1250. The number of urea groups is 1. The molecule has 0 saturated heterocycles. The maximum absolute atomic E-state index is 10.6. The van der Waals surface area contributed by atoms with E-state index in [9.17, 15) is 4.79 Å². The van der Waals surface area contributed by atoms with E-state index in [4.69, 9.17) is 38.4 Å². The molecule has 1 aliphatic rings. The van der Waals surface area contributed by atoms with E-state index in [0.29, 0.717) is 55.4 Å². The summed E-state index contributed by atoms with van der Waals surface area (Å²) in [5.41, 5.74) is 10.5. The molecule has 0 bridgehead atoms. The van der Waals surface area contributed by atoms with Crippen molar-refractivity contribution in [2.75, 3.05) is 58.4 Å². The molecule has 0 saturated carbocycles. The normalized spacial score (nSPS) is 15.2. The summed E-state index contributed by atoms with van der Waals surface area (Å²) in [5, 5.41) is 15.5. The molecule has 0 aliphatic carbocycles. The van der Waals surface area contributed by atoms with Gasteiger partial charge in [0.1, 0.15) is 5.82 Å². The minimum absolute atomic E-state index is 0.160. The summed E-state index contributed by atoms with van der Waals surface area (Å²) in [6, 6.07) is 13.8. The van der Waals surface area contributed by atoms with E-state index in [1.807, 2.05) is 18.2 Å². The van der Waals surface area contributed by atoms with Crippen molar-refractivity contribution in [1.29, 1.82) is 0 Å². The second-order valence-electron chi connectivity index (χ2n) is 9.10. The van der Waals surface area contributed by atoms with Crippen LogP contribution in [0, 0.1) is 0 Å². The Balaban J connectivity index is 1.34. The number of amides is 2. The Labute approximate surface area is 232 Å². The van der Waals surface area contributed by atoms with Gasteiger partial charge in [-0.05, 0) is 47.5 Å². The highest BCUT2D eigenvalue weighted by Gasteiger charge is 2.27. The van der Waals surface area contributed by atoms with Crippen molar-refractivity contribution in [3.8, 4) is 11.1 Å². The number of ether oxygens (including phenoxy) is 2.